The average molecular weight is 349 g/mol. The second-order valence-corrected chi connectivity index (χ2v) is 4.98. The summed E-state index contributed by atoms with van der Waals surface area (Å²) in [5, 5.41) is 2.56. The molecule has 0 saturated heterocycles. The first-order valence-electron chi connectivity index (χ1n) is 7.96. The molecule has 0 aliphatic rings. The van der Waals surface area contributed by atoms with Crippen molar-refractivity contribution < 1.29 is 28.6 Å². The number of hydrogen-bond acceptors (Lipinski definition) is 6. The van der Waals surface area contributed by atoms with Crippen molar-refractivity contribution in [1.82, 2.24) is 5.32 Å². The summed E-state index contributed by atoms with van der Waals surface area (Å²) in [6.45, 7) is 2.01. The van der Waals surface area contributed by atoms with Gasteiger partial charge in [0.05, 0.1) is 13.7 Å². The summed E-state index contributed by atoms with van der Waals surface area (Å²) in [6.07, 6.45) is 3.51. The van der Waals surface area contributed by atoms with Gasteiger partial charge in [0.1, 0.15) is 5.75 Å². The number of methoxy groups -OCH3 is 1. The molecular weight excluding hydrogens is 326 g/mol. The molecule has 1 amide bonds. The van der Waals surface area contributed by atoms with E-state index in [1.807, 2.05) is 6.07 Å². The minimum absolute atomic E-state index is 0.233. The second-order valence-electron chi connectivity index (χ2n) is 4.98. The number of esters is 2. The van der Waals surface area contributed by atoms with Gasteiger partial charge in [0, 0.05) is 19.0 Å². The summed E-state index contributed by atoms with van der Waals surface area (Å²) in [6, 6.07) is 7.16. The van der Waals surface area contributed by atoms with Gasteiger partial charge in [-0.3, -0.25) is 9.59 Å². The number of benzene rings is 1. The maximum Gasteiger partial charge on any atom is 0.331 e. The maximum atomic E-state index is 11.6. The molecule has 7 nitrogen and oxygen atoms in total. The van der Waals surface area contributed by atoms with Crippen molar-refractivity contribution in [3.8, 4) is 5.75 Å². The predicted octanol–water partition coefficient (Wildman–Crippen LogP) is 1.71. The maximum absolute atomic E-state index is 11.6. The zero-order chi connectivity index (χ0) is 18.5. The third-order valence-electron chi connectivity index (χ3n) is 3.04. The molecule has 0 bridgehead atoms. The number of ether oxygens (including phenoxy) is 3. The van der Waals surface area contributed by atoms with Crippen molar-refractivity contribution >= 4 is 23.9 Å². The van der Waals surface area contributed by atoms with Crippen molar-refractivity contribution in [2.24, 2.45) is 0 Å². The van der Waals surface area contributed by atoms with E-state index in [0.29, 0.717) is 25.3 Å². The molecule has 0 atom stereocenters. The van der Waals surface area contributed by atoms with Gasteiger partial charge in [-0.15, -0.1) is 0 Å². The molecule has 7 heteroatoms. The van der Waals surface area contributed by atoms with Gasteiger partial charge in [-0.2, -0.15) is 0 Å². The van der Waals surface area contributed by atoms with Gasteiger partial charge in [0.15, 0.2) is 6.61 Å². The van der Waals surface area contributed by atoms with Crippen LogP contribution in [-0.4, -0.2) is 44.7 Å². The molecule has 0 fully saturated rings. The minimum atomic E-state index is -0.621. The fourth-order valence-electron chi connectivity index (χ4n) is 1.84. The Labute approximate surface area is 146 Å². The smallest absolute Gasteiger partial charge is 0.331 e. The van der Waals surface area contributed by atoms with Crippen LogP contribution in [0.15, 0.2) is 30.3 Å². The molecule has 1 N–H and O–H groups in total. The second kappa shape index (κ2) is 11.7. The zero-order valence-electron chi connectivity index (χ0n) is 14.4. The highest BCUT2D eigenvalue weighted by Crippen LogP contribution is 2.13. The van der Waals surface area contributed by atoms with Crippen LogP contribution in [0, 0.1) is 0 Å². The topological polar surface area (TPSA) is 90.9 Å². The Morgan fingerprint density at radius 1 is 1.20 bits per heavy atom. The lowest BCUT2D eigenvalue weighted by atomic mass is 10.2. The van der Waals surface area contributed by atoms with Crippen LogP contribution in [0.2, 0.25) is 0 Å². The van der Waals surface area contributed by atoms with E-state index in [4.69, 9.17) is 14.2 Å². The van der Waals surface area contributed by atoms with Crippen LogP contribution in [-0.2, 0) is 23.9 Å². The molecule has 136 valence electrons. The highest BCUT2D eigenvalue weighted by atomic mass is 16.5. The summed E-state index contributed by atoms with van der Waals surface area (Å²) in [5.74, 6) is -0.667. The van der Waals surface area contributed by atoms with Crippen molar-refractivity contribution in [3.05, 3.63) is 35.9 Å². The number of nitrogens with one attached hydrogen (secondary N) is 1. The van der Waals surface area contributed by atoms with Gasteiger partial charge in [-0.1, -0.05) is 12.1 Å². The first kappa shape index (κ1) is 20.2. The average Bonchev–Trinajstić information content (AvgIpc) is 2.62. The summed E-state index contributed by atoms with van der Waals surface area (Å²) in [4.78, 5) is 34.2. The van der Waals surface area contributed by atoms with Gasteiger partial charge in [-0.25, -0.2) is 4.79 Å². The van der Waals surface area contributed by atoms with Crippen LogP contribution in [0.3, 0.4) is 0 Å². The molecule has 0 aromatic heterocycles. The summed E-state index contributed by atoms with van der Waals surface area (Å²) < 4.78 is 14.7. The monoisotopic (exact) mass is 349 g/mol. The van der Waals surface area contributed by atoms with E-state index < -0.39 is 11.9 Å². The van der Waals surface area contributed by atoms with Gasteiger partial charge >= 0.3 is 11.9 Å². The Bertz CT molecular complexity index is 611. The first-order valence-corrected chi connectivity index (χ1v) is 7.96. The Morgan fingerprint density at radius 2 is 2.00 bits per heavy atom. The van der Waals surface area contributed by atoms with Crippen molar-refractivity contribution in [3.63, 3.8) is 0 Å². The fraction of sp³-hybridized carbons (Fsp3) is 0.389. The molecule has 25 heavy (non-hydrogen) atoms. The van der Waals surface area contributed by atoms with E-state index in [9.17, 15) is 14.4 Å². The van der Waals surface area contributed by atoms with Gasteiger partial charge < -0.3 is 19.5 Å². The molecule has 0 radical (unpaired) electrons. The van der Waals surface area contributed by atoms with Crippen LogP contribution in [0.1, 0.15) is 25.3 Å². The standard InChI is InChI=1S/C18H23NO6/c1-3-24-17(21)8-5-11-19-16(20)13-25-18(22)10-9-14-6-4-7-15(12-14)23-2/h4,6-7,9-10,12H,3,5,8,11,13H2,1-2H3,(H,19,20)/b10-9+. The Hall–Kier alpha value is -2.83. The lowest BCUT2D eigenvalue weighted by Crippen LogP contribution is -2.29. The Balaban J connectivity index is 2.23. The highest BCUT2D eigenvalue weighted by molar-refractivity contribution is 5.89. The van der Waals surface area contributed by atoms with E-state index in [1.54, 1.807) is 38.3 Å². The summed E-state index contributed by atoms with van der Waals surface area (Å²) >= 11 is 0. The van der Waals surface area contributed by atoms with Gasteiger partial charge in [0.25, 0.3) is 5.91 Å². The lowest BCUT2D eigenvalue weighted by Gasteiger charge is -2.05. The zero-order valence-corrected chi connectivity index (χ0v) is 14.4. The molecular formula is C18H23NO6. The molecule has 1 aromatic rings. The number of carbonyl (C=O) groups excluding carboxylic acids is 3. The fourth-order valence-corrected chi connectivity index (χ4v) is 1.84. The number of rotatable bonds is 10. The van der Waals surface area contributed by atoms with E-state index in [-0.39, 0.29) is 19.0 Å². The summed E-state index contributed by atoms with van der Waals surface area (Å²) in [5.41, 5.74) is 0.778. The number of amides is 1. The SMILES string of the molecule is CCOC(=O)CCCNC(=O)COC(=O)/C=C/c1cccc(OC)c1. The van der Waals surface area contributed by atoms with Crippen molar-refractivity contribution in [2.45, 2.75) is 19.8 Å². The van der Waals surface area contributed by atoms with Crippen LogP contribution in [0.25, 0.3) is 6.08 Å². The molecule has 1 aromatic carbocycles. The van der Waals surface area contributed by atoms with Gasteiger partial charge in [0.2, 0.25) is 0 Å². The number of carbonyl (C=O) groups is 3. The molecule has 1 rings (SSSR count). The normalized spacial score (nSPS) is 10.3. The first-order chi connectivity index (χ1) is 12.0. The van der Waals surface area contributed by atoms with E-state index in [1.165, 1.54) is 6.08 Å². The quantitative estimate of drug-likeness (QED) is 0.393. The minimum Gasteiger partial charge on any atom is -0.497 e. The molecule has 0 unspecified atom stereocenters. The molecule has 0 aliphatic carbocycles. The molecule has 0 spiro atoms. The van der Waals surface area contributed by atoms with E-state index in [2.05, 4.69) is 5.32 Å². The third kappa shape index (κ3) is 9.14. The number of hydrogen-bond donors (Lipinski definition) is 1. The van der Waals surface area contributed by atoms with Crippen LogP contribution in [0.4, 0.5) is 0 Å². The third-order valence-corrected chi connectivity index (χ3v) is 3.04. The van der Waals surface area contributed by atoms with Crippen molar-refractivity contribution in [2.75, 3.05) is 26.9 Å². The van der Waals surface area contributed by atoms with Crippen LogP contribution < -0.4 is 10.1 Å². The highest BCUT2D eigenvalue weighted by Gasteiger charge is 2.06. The van der Waals surface area contributed by atoms with Gasteiger partial charge in [-0.05, 0) is 37.1 Å². The van der Waals surface area contributed by atoms with Crippen molar-refractivity contribution in [1.29, 1.82) is 0 Å². The molecule has 0 aliphatic heterocycles. The summed E-state index contributed by atoms with van der Waals surface area (Å²) in [7, 11) is 1.56. The molecule has 0 heterocycles. The van der Waals surface area contributed by atoms with Crippen LogP contribution in [0.5, 0.6) is 5.75 Å². The van der Waals surface area contributed by atoms with E-state index >= 15 is 0 Å². The lowest BCUT2D eigenvalue weighted by molar-refractivity contribution is -0.143. The largest absolute Gasteiger partial charge is 0.497 e. The van der Waals surface area contributed by atoms with E-state index in [0.717, 1.165) is 5.56 Å². The van der Waals surface area contributed by atoms with Crippen LogP contribution >= 0.6 is 0 Å². The Kier molecular flexibility index (Phi) is 9.43. The molecule has 0 saturated carbocycles. The Morgan fingerprint density at radius 3 is 2.72 bits per heavy atom. The predicted molar refractivity (Wildman–Crippen MR) is 91.9 cm³/mol.